The minimum atomic E-state index is 0.851. The maximum Gasteiger partial charge on any atom is 0.126 e. The largest absolute Gasteiger partial charge is 0.496 e. The second-order valence-corrected chi connectivity index (χ2v) is 5.42. The maximum absolute atomic E-state index is 5.56. The van der Waals surface area contributed by atoms with Crippen LogP contribution >= 0.6 is 0 Å². The minimum absolute atomic E-state index is 0.851. The summed E-state index contributed by atoms with van der Waals surface area (Å²) in [5.74, 6) is 1.88. The lowest BCUT2D eigenvalue weighted by Crippen LogP contribution is -1.99. The van der Waals surface area contributed by atoms with Crippen LogP contribution in [0.3, 0.4) is 0 Å². The SMILES string of the molecule is CCCCCc1cc(OC)c(CC=C(C)C)c(OC)c1. The molecule has 0 atom stereocenters. The number of hydrogen-bond donors (Lipinski definition) is 0. The van der Waals surface area contributed by atoms with Crippen molar-refractivity contribution in [2.45, 2.75) is 52.9 Å². The molecule has 0 N–H and O–H groups in total. The van der Waals surface area contributed by atoms with Gasteiger partial charge in [-0.05, 0) is 50.8 Å². The van der Waals surface area contributed by atoms with Gasteiger partial charge < -0.3 is 9.47 Å². The van der Waals surface area contributed by atoms with E-state index >= 15 is 0 Å². The van der Waals surface area contributed by atoms with Gasteiger partial charge in [-0.25, -0.2) is 0 Å². The van der Waals surface area contributed by atoms with Gasteiger partial charge in [0, 0.05) is 5.56 Å². The third-order valence-electron chi connectivity index (χ3n) is 3.45. The average molecular weight is 276 g/mol. The Morgan fingerprint density at radius 2 is 1.65 bits per heavy atom. The van der Waals surface area contributed by atoms with Crippen LogP contribution in [0.25, 0.3) is 0 Å². The molecule has 1 rings (SSSR count). The molecular formula is C18H28O2. The van der Waals surface area contributed by atoms with Crippen LogP contribution in [-0.2, 0) is 12.8 Å². The molecule has 0 fully saturated rings. The zero-order chi connectivity index (χ0) is 15.0. The molecule has 2 nitrogen and oxygen atoms in total. The Kier molecular flexibility index (Phi) is 7.21. The zero-order valence-corrected chi connectivity index (χ0v) is 13.6. The van der Waals surface area contributed by atoms with E-state index in [1.807, 2.05) is 0 Å². The number of ether oxygens (including phenoxy) is 2. The van der Waals surface area contributed by atoms with E-state index in [0.717, 1.165) is 29.9 Å². The summed E-state index contributed by atoms with van der Waals surface area (Å²) in [6, 6.07) is 4.32. The summed E-state index contributed by atoms with van der Waals surface area (Å²) >= 11 is 0. The first kappa shape index (κ1) is 16.6. The van der Waals surface area contributed by atoms with Crippen molar-refractivity contribution in [2.75, 3.05) is 14.2 Å². The van der Waals surface area contributed by atoms with Crippen molar-refractivity contribution in [3.63, 3.8) is 0 Å². The van der Waals surface area contributed by atoms with Crippen molar-refractivity contribution >= 4 is 0 Å². The molecule has 0 bridgehead atoms. The highest BCUT2D eigenvalue weighted by Gasteiger charge is 2.11. The molecule has 0 radical (unpaired) electrons. The van der Waals surface area contributed by atoms with Crippen LogP contribution in [0, 0.1) is 0 Å². The van der Waals surface area contributed by atoms with Gasteiger partial charge >= 0.3 is 0 Å². The molecule has 0 aliphatic heterocycles. The fourth-order valence-electron chi connectivity index (χ4n) is 2.27. The number of hydrogen-bond acceptors (Lipinski definition) is 2. The summed E-state index contributed by atoms with van der Waals surface area (Å²) in [7, 11) is 3.47. The first-order chi connectivity index (χ1) is 9.62. The monoisotopic (exact) mass is 276 g/mol. The molecular weight excluding hydrogens is 248 g/mol. The highest BCUT2D eigenvalue weighted by Crippen LogP contribution is 2.32. The van der Waals surface area contributed by atoms with E-state index in [-0.39, 0.29) is 0 Å². The van der Waals surface area contributed by atoms with E-state index in [1.54, 1.807) is 14.2 Å². The van der Waals surface area contributed by atoms with E-state index in [0.29, 0.717) is 0 Å². The minimum Gasteiger partial charge on any atom is -0.496 e. The molecule has 20 heavy (non-hydrogen) atoms. The second-order valence-electron chi connectivity index (χ2n) is 5.42. The highest BCUT2D eigenvalue weighted by atomic mass is 16.5. The van der Waals surface area contributed by atoms with Crippen LogP contribution in [0.5, 0.6) is 11.5 Å². The summed E-state index contributed by atoms with van der Waals surface area (Å²) in [5, 5.41) is 0. The fourth-order valence-corrected chi connectivity index (χ4v) is 2.27. The summed E-state index contributed by atoms with van der Waals surface area (Å²) in [6.07, 6.45) is 7.87. The van der Waals surface area contributed by atoms with Gasteiger partial charge in [-0.3, -0.25) is 0 Å². The van der Waals surface area contributed by atoms with Gasteiger partial charge in [0.1, 0.15) is 11.5 Å². The lowest BCUT2D eigenvalue weighted by molar-refractivity contribution is 0.386. The lowest BCUT2D eigenvalue weighted by atomic mass is 10.0. The molecule has 1 aromatic rings. The predicted molar refractivity (Wildman–Crippen MR) is 85.9 cm³/mol. The molecule has 2 heteroatoms. The third kappa shape index (κ3) is 4.92. The molecule has 1 aromatic carbocycles. The lowest BCUT2D eigenvalue weighted by Gasteiger charge is -2.14. The topological polar surface area (TPSA) is 18.5 Å². The van der Waals surface area contributed by atoms with Crippen molar-refractivity contribution in [3.8, 4) is 11.5 Å². The van der Waals surface area contributed by atoms with Gasteiger partial charge in [-0.1, -0.05) is 31.4 Å². The quantitative estimate of drug-likeness (QED) is 0.494. The van der Waals surface area contributed by atoms with Crippen LogP contribution in [0.15, 0.2) is 23.8 Å². The molecule has 0 amide bonds. The van der Waals surface area contributed by atoms with Crippen molar-refractivity contribution in [2.24, 2.45) is 0 Å². The van der Waals surface area contributed by atoms with Crippen molar-refractivity contribution in [1.29, 1.82) is 0 Å². The first-order valence-electron chi connectivity index (χ1n) is 7.49. The van der Waals surface area contributed by atoms with E-state index < -0.39 is 0 Å². The predicted octanol–water partition coefficient (Wildman–Crippen LogP) is 4.95. The van der Waals surface area contributed by atoms with Crippen molar-refractivity contribution in [3.05, 3.63) is 34.9 Å². The number of aryl methyl sites for hydroxylation is 1. The van der Waals surface area contributed by atoms with Crippen LogP contribution in [0.4, 0.5) is 0 Å². The summed E-state index contributed by atoms with van der Waals surface area (Å²) in [4.78, 5) is 0. The Morgan fingerprint density at radius 3 is 2.10 bits per heavy atom. The van der Waals surface area contributed by atoms with Crippen LogP contribution in [0.2, 0.25) is 0 Å². The number of allylic oxidation sites excluding steroid dienone is 2. The van der Waals surface area contributed by atoms with E-state index in [4.69, 9.17) is 9.47 Å². The molecule has 0 saturated carbocycles. The van der Waals surface area contributed by atoms with E-state index in [9.17, 15) is 0 Å². The van der Waals surface area contributed by atoms with Gasteiger partial charge in [-0.2, -0.15) is 0 Å². The second kappa shape index (κ2) is 8.68. The maximum atomic E-state index is 5.56. The number of benzene rings is 1. The zero-order valence-electron chi connectivity index (χ0n) is 13.6. The summed E-state index contributed by atoms with van der Waals surface area (Å²) in [5.41, 5.74) is 3.74. The molecule has 0 saturated heterocycles. The molecule has 112 valence electrons. The number of unbranched alkanes of at least 4 members (excludes halogenated alkanes) is 2. The number of rotatable bonds is 8. The standard InChI is InChI=1S/C18H28O2/c1-6-7-8-9-15-12-17(19-4)16(11-10-14(2)3)18(13-15)20-5/h10,12-13H,6-9,11H2,1-5H3. The third-order valence-corrected chi connectivity index (χ3v) is 3.45. The van der Waals surface area contributed by atoms with E-state index in [1.165, 1.54) is 30.4 Å². The Hall–Kier alpha value is -1.44. The molecule has 0 unspecified atom stereocenters. The van der Waals surface area contributed by atoms with E-state index in [2.05, 4.69) is 39.0 Å². The van der Waals surface area contributed by atoms with Gasteiger partial charge in [0.25, 0.3) is 0 Å². The average Bonchev–Trinajstić information content (AvgIpc) is 2.44. The van der Waals surface area contributed by atoms with Crippen LogP contribution in [0.1, 0.15) is 51.2 Å². The Balaban J connectivity index is 3.01. The van der Waals surface area contributed by atoms with Gasteiger partial charge in [-0.15, -0.1) is 0 Å². The Bertz CT molecular complexity index is 418. The van der Waals surface area contributed by atoms with Gasteiger partial charge in [0.15, 0.2) is 0 Å². The molecule has 0 aromatic heterocycles. The molecule has 0 aliphatic rings. The highest BCUT2D eigenvalue weighted by molar-refractivity contribution is 5.49. The smallest absolute Gasteiger partial charge is 0.126 e. The number of methoxy groups -OCH3 is 2. The van der Waals surface area contributed by atoms with Crippen LogP contribution in [-0.4, -0.2) is 14.2 Å². The molecule has 0 aliphatic carbocycles. The van der Waals surface area contributed by atoms with Gasteiger partial charge in [0.2, 0.25) is 0 Å². The Morgan fingerprint density at radius 1 is 1.05 bits per heavy atom. The molecule has 0 heterocycles. The van der Waals surface area contributed by atoms with Gasteiger partial charge in [0.05, 0.1) is 14.2 Å². The van der Waals surface area contributed by atoms with Crippen LogP contribution < -0.4 is 9.47 Å². The summed E-state index contributed by atoms with van der Waals surface area (Å²) in [6.45, 7) is 6.44. The first-order valence-corrected chi connectivity index (χ1v) is 7.49. The van der Waals surface area contributed by atoms with Crippen molar-refractivity contribution < 1.29 is 9.47 Å². The normalized spacial score (nSPS) is 10.2. The fraction of sp³-hybridized carbons (Fsp3) is 0.556. The molecule has 0 spiro atoms. The Labute approximate surface area is 123 Å². The van der Waals surface area contributed by atoms with Crippen molar-refractivity contribution in [1.82, 2.24) is 0 Å². The summed E-state index contributed by atoms with van der Waals surface area (Å²) < 4.78 is 11.1.